The van der Waals surface area contributed by atoms with E-state index in [0.29, 0.717) is 12.0 Å². The molecule has 0 spiro atoms. The van der Waals surface area contributed by atoms with Gasteiger partial charge < -0.3 is 0 Å². The lowest BCUT2D eigenvalue weighted by atomic mass is 9.86. The zero-order valence-electron chi connectivity index (χ0n) is 12.4. The monoisotopic (exact) mass is 288 g/mol. The highest BCUT2D eigenvalue weighted by molar-refractivity contribution is 7.99. The first-order valence-corrected chi connectivity index (χ1v) is 8.51. The molecule has 0 aliphatic heterocycles. The molecule has 1 aromatic carbocycles. The van der Waals surface area contributed by atoms with E-state index >= 15 is 0 Å². The highest BCUT2D eigenvalue weighted by Crippen LogP contribution is 2.39. The van der Waals surface area contributed by atoms with E-state index in [1.807, 2.05) is 17.8 Å². The highest BCUT2D eigenvalue weighted by atomic mass is 32.2. The maximum absolute atomic E-state index is 9.63. The third-order valence-electron chi connectivity index (χ3n) is 4.04. The van der Waals surface area contributed by atoms with Gasteiger partial charge in [-0.25, -0.2) is 0 Å². The van der Waals surface area contributed by atoms with Crippen molar-refractivity contribution in [3.05, 3.63) is 30.3 Å². The Balaban J connectivity index is 1.89. The van der Waals surface area contributed by atoms with E-state index in [1.54, 1.807) is 0 Å². The van der Waals surface area contributed by atoms with Crippen LogP contribution >= 0.6 is 11.8 Å². The maximum atomic E-state index is 9.63. The van der Waals surface area contributed by atoms with Crippen molar-refractivity contribution in [2.75, 3.05) is 5.75 Å². The number of hydrogen-bond acceptors (Lipinski definition) is 3. The summed E-state index contributed by atoms with van der Waals surface area (Å²) in [5, 5.41) is 13.2. The average molecular weight is 288 g/mol. The number of hydrogen-bond donors (Lipinski definition) is 1. The molecule has 1 fully saturated rings. The van der Waals surface area contributed by atoms with Crippen LogP contribution in [0.2, 0.25) is 0 Å². The van der Waals surface area contributed by atoms with E-state index in [-0.39, 0.29) is 5.54 Å². The Kier molecular flexibility index (Phi) is 5.51. The molecular formula is C17H24N2S. The summed E-state index contributed by atoms with van der Waals surface area (Å²) in [6, 6.07) is 13.5. The lowest BCUT2D eigenvalue weighted by Crippen LogP contribution is -2.50. The van der Waals surface area contributed by atoms with Crippen molar-refractivity contribution >= 4 is 11.8 Å². The fourth-order valence-corrected chi connectivity index (χ4v) is 4.18. The second-order valence-electron chi connectivity index (χ2n) is 5.92. The van der Waals surface area contributed by atoms with Gasteiger partial charge in [-0.1, -0.05) is 24.6 Å². The molecule has 0 radical (unpaired) electrons. The SMILES string of the molecule is CC(C)NC1(C#N)CCCC1CCSc1ccccc1. The topological polar surface area (TPSA) is 35.8 Å². The highest BCUT2D eigenvalue weighted by Gasteiger charge is 2.42. The van der Waals surface area contributed by atoms with Gasteiger partial charge in [0.2, 0.25) is 0 Å². The van der Waals surface area contributed by atoms with E-state index < -0.39 is 0 Å². The van der Waals surface area contributed by atoms with Crippen molar-refractivity contribution in [2.24, 2.45) is 5.92 Å². The van der Waals surface area contributed by atoms with Crippen molar-refractivity contribution in [1.29, 1.82) is 5.26 Å². The van der Waals surface area contributed by atoms with Crippen LogP contribution in [0.1, 0.15) is 39.5 Å². The van der Waals surface area contributed by atoms with Crippen LogP contribution in [0.4, 0.5) is 0 Å². The Hall–Kier alpha value is -0.980. The Morgan fingerprint density at radius 1 is 1.40 bits per heavy atom. The van der Waals surface area contributed by atoms with Gasteiger partial charge >= 0.3 is 0 Å². The van der Waals surface area contributed by atoms with E-state index in [2.05, 4.69) is 49.5 Å². The van der Waals surface area contributed by atoms with Crippen molar-refractivity contribution in [3.63, 3.8) is 0 Å². The van der Waals surface area contributed by atoms with Crippen LogP contribution in [-0.2, 0) is 0 Å². The zero-order valence-corrected chi connectivity index (χ0v) is 13.2. The first-order valence-electron chi connectivity index (χ1n) is 7.53. The summed E-state index contributed by atoms with van der Waals surface area (Å²) >= 11 is 1.90. The van der Waals surface area contributed by atoms with Gasteiger partial charge in [-0.2, -0.15) is 5.26 Å². The fraction of sp³-hybridized carbons (Fsp3) is 0.588. The number of rotatable bonds is 6. The number of benzene rings is 1. The van der Waals surface area contributed by atoms with E-state index in [0.717, 1.165) is 18.6 Å². The standard InChI is InChI=1S/C17H24N2S/c1-14(2)19-17(13-18)11-6-7-15(17)10-12-20-16-8-4-3-5-9-16/h3-5,8-9,14-15,19H,6-7,10-12H2,1-2H3. The zero-order chi connectivity index (χ0) is 14.4. The van der Waals surface area contributed by atoms with Crippen LogP contribution in [0.25, 0.3) is 0 Å². The van der Waals surface area contributed by atoms with Crippen LogP contribution in [0.5, 0.6) is 0 Å². The van der Waals surface area contributed by atoms with Crippen LogP contribution in [0.15, 0.2) is 35.2 Å². The quantitative estimate of drug-likeness (QED) is 0.796. The molecule has 1 saturated carbocycles. The molecule has 1 aliphatic rings. The van der Waals surface area contributed by atoms with Gasteiger partial charge in [-0.3, -0.25) is 5.32 Å². The molecule has 0 bridgehead atoms. The molecule has 0 aromatic heterocycles. The van der Waals surface area contributed by atoms with Gasteiger partial charge in [0.1, 0.15) is 5.54 Å². The fourth-order valence-electron chi connectivity index (χ4n) is 3.19. The normalized spacial score (nSPS) is 25.8. The van der Waals surface area contributed by atoms with Gasteiger partial charge in [0, 0.05) is 10.9 Å². The molecule has 2 atom stereocenters. The third kappa shape index (κ3) is 3.77. The summed E-state index contributed by atoms with van der Waals surface area (Å²) < 4.78 is 0. The van der Waals surface area contributed by atoms with Crippen molar-refractivity contribution in [1.82, 2.24) is 5.32 Å². The minimum Gasteiger partial charge on any atom is -0.297 e. The Morgan fingerprint density at radius 3 is 2.80 bits per heavy atom. The molecule has 2 unspecified atom stereocenters. The predicted octanol–water partition coefficient (Wildman–Crippen LogP) is 4.23. The van der Waals surface area contributed by atoms with Gasteiger partial charge in [-0.15, -0.1) is 11.8 Å². The lowest BCUT2D eigenvalue weighted by molar-refractivity contribution is 0.289. The smallest absolute Gasteiger partial charge is 0.109 e. The van der Waals surface area contributed by atoms with Crippen molar-refractivity contribution in [2.45, 2.75) is 56.0 Å². The molecule has 3 heteroatoms. The van der Waals surface area contributed by atoms with Gasteiger partial charge in [0.25, 0.3) is 0 Å². The first-order chi connectivity index (χ1) is 9.66. The minimum atomic E-state index is -0.286. The van der Waals surface area contributed by atoms with Gasteiger partial charge in [-0.05, 0) is 56.9 Å². The number of nitrogens with one attached hydrogen (secondary N) is 1. The summed E-state index contributed by atoms with van der Waals surface area (Å²) in [6.07, 6.45) is 4.48. The van der Waals surface area contributed by atoms with Crippen LogP contribution in [0.3, 0.4) is 0 Å². The Labute approximate surface area is 127 Å². The third-order valence-corrected chi connectivity index (χ3v) is 5.09. The van der Waals surface area contributed by atoms with E-state index in [9.17, 15) is 5.26 Å². The van der Waals surface area contributed by atoms with Gasteiger partial charge in [0.15, 0.2) is 0 Å². The lowest BCUT2D eigenvalue weighted by Gasteiger charge is -2.32. The second kappa shape index (κ2) is 7.15. The largest absolute Gasteiger partial charge is 0.297 e. The molecule has 0 heterocycles. The molecular weight excluding hydrogens is 264 g/mol. The van der Waals surface area contributed by atoms with Crippen LogP contribution in [0, 0.1) is 17.2 Å². The molecule has 0 amide bonds. The van der Waals surface area contributed by atoms with E-state index in [4.69, 9.17) is 0 Å². The molecule has 1 N–H and O–H groups in total. The predicted molar refractivity (Wildman–Crippen MR) is 85.7 cm³/mol. The average Bonchev–Trinajstić information content (AvgIpc) is 2.83. The number of nitrogens with zero attached hydrogens (tertiary/aromatic N) is 1. The molecule has 108 valence electrons. The Bertz CT molecular complexity index is 452. The molecule has 2 nitrogen and oxygen atoms in total. The number of thioether (sulfide) groups is 1. The van der Waals surface area contributed by atoms with Gasteiger partial charge in [0.05, 0.1) is 6.07 Å². The van der Waals surface area contributed by atoms with Crippen LogP contribution < -0.4 is 5.32 Å². The summed E-state index contributed by atoms with van der Waals surface area (Å²) in [5.41, 5.74) is -0.286. The van der Waals surface area contributed by atoms with Crippen LogP contribution in [-0.4, -0.2) is 17.3 Å². The maximum Gasteiger partial charge on any atom is 0.109 e. The first kappa shape index (κ1) is 15.4. The van der Waals surface area contributed by atoms with Crippen molar-refractivity contribution in [3.8, 4) is 6.07 Å². The summed E-state index contributed by atoms with van der Waals surface area (Å²) in [7, 11) is 0. The second-order valence-corrected chi connectivity index (χ2v) is 7.09. The Morgan fingerprint density at radius 2 is 2.15 bits per heavy atom. The minimum absolute atomic E-state index is 0.286. The van der Waals surface area contributed by atoms with Crippen molar-refractivity contribution < 1.29 is 0 Å². The number of nitriles is 1. The molecule has 20 heavy (non-hydrogen) atoms. The van der Waals surface area contributed by atoms with E-state index in [1.165, 1.54) is 17.7 Å². The summed E-state index contributed by atoms with van der Waals surface area (Å²) in [4.78, 5) is 1.32. The summed E-state index contributed by atoms with van der Waals surface area (Å²) in [5.74, 6) is 1.59. The molecule has 1 aliphatic carbocycles. The summed E-state index contributed by atoms with van der Waals surface area (Å²) in [6.45, 7) is 4.26. The molecule has 0 saturated heterocycles. The molecule has 2 rings (SSSR count). The molecule has 1 aromatic rings.